The molecule has 0 saturated heterocycles. The van der Waals surface area contributed by atoms with E-state index in [1.807, 2.05) is 18.8 Å². The van der Waals surface area contributed by atoms with Gasteiger partial charge in [-0.3, -0.25) is 0 Å². The van der Waals surface area contributed by atoms with Crippen molar-refractivity contribution in [3.05, 3.63) is 35.4 Å². The monoisotopic (exact) mass is 299 g/mol. The van der Waals surface area contributed by atoms with E-state index in [0.717, 1.165) is 17.1 Å². The van der Waals surface area contributed by atoms with Crippen molar-refractivity contribution in [2.45, 2.75) is 49.8 Å². The van der Waals surface area contributed by atoms with Crippen LogP contribution in [-0.2, 0) is 6.42 Å². The molecule has 1 nitrogen and oxygen atoms in total. The van der Waals surface area contributed by atoms with Gasteiger partial charge in [-0.2, -0.15) is 11.8 Å². The summed E-state index contributed by atoms with van der Waals surface area (Å²) < 4.78 is 26.6. The molecule has 0 spiro atoms. The minimum atomic E-state index is -0.510. The van der Waals surface area contributed by atoms with Crippen LogP contribution in [0.4, 0.5) is 8.78 Å². The Labute approximate surface area is 124 Å². The van der Waals surface area contributed by atoms with E-state index in [4.69, 9.17) is 0 Å². The highest BCUT2D eigenvalue weighted by molar-refractivity contribution is 7.99. The van der Waals surface area contributed by atoms with Crippen LogP contribution in [0.5, 0.6) is 0 Å². The van der Waals surface area contributed by atoms with Crippen LogP contribution in [-0.4, -0.2) is 24.1 Å². The normalized spacial score (nSPS) is 18.1. The molecule has 0 bridgehead atoms. The van der Waals surface area contributed by atoms with Crippen molar-refractivity contribution in [3.63, 3.8) is 0 Å². The van der Waals surface area contributed by atoms with Crippen LogP contribution < -0.4 is 5.32 Å². The minimum Gasteiger partial charge on any atom is -0.316 e. The number of likely N-dealkylation sites (N-methyl/N-ethyl adjacent to an activating group) is 1. The molecule has 1 unspecified atom stereocenters. The van der Waals surface area contributed by atoms with Crippen LogP contribution in [0.15, 0.2) is 18.2 Å². The average Bonchev–Trinajstić information content (AvgIpc) is 2.46. The van der Waals surface area contributed by atoms with Gasteiger partial charge in [0, 0.05) is 23.1 Å². The molecule has 1 aliphatic rings. The molecule has 0 aliphatic heterocycles. The highest BCUT2D eigenvalue weighted by Gasteiger charge is 2.17. The van der Waals surface area contributed by atoms with Gasteiger partial charge >= 0.3 is 0 Å². The Morgan fingerprint density at radius 2 is 2.00 bits per heavy atom. The van der Waals surface area contributed by atoms with Gasteiger partial charge in [-0.15, -0.1) is 0 Å². The van der Waals surface area contributed by atoms with Crippen molar-refractivity contribution in [3.8, 4) is 0 Å². The van der Waals surface area contributed by atoms with Crippen molar-refractivity contribution in [2.75, 3.05) is 12.8 Å². The molecule has 1 N–H and O–H groups in total. The van der Waals surface area contributed by atoms with Crippen molar-refractivity contribution < 1.29 is 8.78 Å². The van der Waals surface area contributed by atoms with Crippen LogP contribution in [0, 0.1) is 11.6 Å². The lowest BCUT2D eigenvalue weighted by Crippen LogP contribution is -2.31. The minimum absolute atomic E-state index is 0.238. The second-order valence-electron chi connectivity index (χ2n) is 5.52. The van der Waals surface area contributed by atoms with Gasteiger partial charge in [0.05, 0.1) is 0 Å². The van der Waals surface area contributed by atoms with Crippen molar-refractivity contribution >= 4 is 11.8 Å². The van der Waals surface area contributed by atoms with E-state index in [9.17, 15) is 8.78 Å². The lowest BCUT2D eigenvalue weighted by molar-refractivity contribution is 0.513. The maximum Gasteiger partial charge on any atom is 0.129 e. The first-order chi connectivity index (χ1) is 9.69. The summed E-state index contributed by atoms with van der Waals surface area (Å²) in [4.78, 5) is 0. The number of hydrogen-bond acceptors (Lipinski definition) is 2. The first-order valence-electron chi connectivity index (χ1n) is 7.42. The Bertz CT molecular complexity index is 419. The van der Waals surface area contributed by atoms with Crippen LogP contribution in [0.25, 0.3) is 0 Å². The van der Waals surface area contributed by atoms with Gasteiger partial charge < -0.3 is 5.32 Å². The lowest BCUT2D eigenvalue weighted by atomic mass is 10.0. The molecule has 20 heavy (non-hydrogen) atoms. The highest BCUT2D eigenvalue weighted by atomic mass is 32.2. The fourth-order valence-corrected chi connectivity index (χ4v) is 4.14. The molecule has 1 atom stereocenters. The summed E-state index contributed by atoms with van der Waals surface area (Å²) in [5.41, 5.74) is 0.593. The number of halogens is 2. The summed E-state index contributed by atoms with van der Waals surface area (Å²) in [7, 11) is 1.91. The van der Waals surface area contributed by atoms with E-state index < -0.39 is 11.6 Å². The summed E-state index contributed by atoms with van der Waals surface area (Å²) in [6, 6.07) is 4.10. The molecule has 0 heterocycles. The molecule has 112 valence electrons. The molecule has 1 aliphatic carbocycles. The zero-order valence-electron chi connectivity index (χ0n) is 12.0. The first-order valence-corrected chi connectivity index (χ1v) is 8.46. The number of thioether (sulfide) groups is 1. The number of nitrogens with one attached hydrogen (secondary N) is 1. The zero-order chi connectivity index (χ0) is 14.4. The van der Waals surface area contributed by atoms with E-state index in [0.29, 0.717) is 12.0 Å². The van der Waals surface area contributed by atoms with E-state index in [2.05, 4.69) is 5.32 Å². The predicted octanol–water partition coefficient (Wildman–Crippen LogP) is 4.16. The van der Waals surface area contributed by atoms with Crippen molar-refractivity contribution in [1.29, 1.82) is 0 Å². The van der Waals surface area contributed by atoms with Gasteiger partial charge in [-0.1, -0.05) is 25.3 Å². The molecular formula is C16H23F2NS. The van der Waals surface area contributed by atoms with Gasteiger partial charge in [0.15, 0.2) is 0 Å². The Morgan fingerprint density at radius 1 is 1.25 bits per heavy atom. The smallest absolute Gasteiger partial charge is 0.129 e. The van der Waals surface area contributed by atoms with Gasteiger partial charge in [-0.25, -0.2) is 8.78 Å². The Balaban J connectivity index is 1.84. The number of rotatable bonds is 6. The van der Waals surface area contributed by atoms with Crippen molar-refractivity contribution in [1.82, 2.24) is 5.32 Å². The maximum atomic E-state index is 13.7. The molecule has 1 aromatic rings. The van der Waals surface area contributed by atoms with Gasteiger partial charge in [-0.05, 0) is 37.9 Å². The lowest BCUT2D eigenvalue weighted by Gasteiger charge is -2.24. The topological polar surface area (TPSA) is 12.0 Å². The maximum absolute atomic E-state index is 13.7. The SMILES string of the molecule is CNC(CSC1CCCCC1)Cc1ccc(F)cc1F. The summed E-state index contributed by atoms with van der Waals surface area (Å²) in [5.74, 6) is 0.0367. The van der Waals surface area contributed by atoms with Crippen LogP contribution in [0.1, 0.15) is 37.7 Å². The third-order valence-electron chi connectivity index (χ3n) is 3.97. The number of hydrogen-bond donors (Lipinski definition) is 1. The third-order valence-corrected chi connectivity index (χ3v) is 5.51. The summed E-state index contributed by atoms with van der Waals surface area (Å²) in [6.07, 6.45) is 7.29. The quantitative estimate of drug-likeness (QED) is 0.846. The van der Waals surface area contributed by atoms with Crippen LogP contribution in [0.3, 0.4) is 0 Å². The molecule has 1 fully saturated rings. The van der Waals surface area contributed by atoms with Crippen LogP contribution >= 0.6 is 11.8 Å². The number of benzene rings is 1. The van der Waals surface area contributed by atoms with E-state index in [-0.39, 0.29) is 6.04 Å². The summed E-state index contributed by atoms with van der Waals surface area (Å²) in [6.45, 7) is 0. The molecule has 4 heteroatoms. The fourth-order valence-electron chi connectivity index (χ4n) is 2.68. The second-order valence-corrected chi connectivity index (χ2v) is 6.85. The fraction of sp³-hybridized carbons (Fsp3) is 0.625. The molecule has 0 aromatic heterocycles. The highest BCUT2D eigenvalue weighted by Crippen LogP contribution is 2.29. The van der Waals surface area contributed by atoms with E-state index >= 15 is 0 Å². The Kier molecular flexibility index (Phi) is 6.30. The molecule has 0 amide bonds. The van der Waals surface area contributed by atoms with Crippen molar-refractivity contribution in [2.24, 2.45) is 0 Å². The Morgan fingerprint density at radius 3 is 2.65 bits per heavy atom. The van der Waals surface area contributed by atoms with Gasteiger partial charge in [0.1, 0.15) is 11.6 Å². The Hall–Kier alpha value is -0.610. The third kappa shape index (κ3) is 4.74. The van der Waals surface area contributed by atoms with E-state index in [1.165, 1.54) is 38.2 Å². The summed E-state index contributed by atoms with van der Waals surface area (Å²) >= 11 is 2.00. The standard InChI is InChI=1S/C16H23F2NS/c1-19-14(11-20-15-5-3-2-4-6-15)9-12-7-8-13(17)10-16(12)18/h7-8,10,14-15,19H,2-6,9,11H2,1H3. The molecule has 2 rings (SSSR count). The van der Waals surface area contributed by atoms with Gasteiger partial charge in [0.2, 0.25) is 0 Å². The molecule has 1 saturated carbocycles. The van der Waals surface area contributed by atoms with E-state index in [1.54, 1.807) is 6.07 Å². The second kappa shape index (κ2) is 7.99. The van der Waals surface area contributed by atoms with Crippen LogP contribution in [0.2, 0.25) is 0 Å². The van der Waals surface area contributed by atoms with Gasteiger partial charge in [0.25, 0.3) is 0 Å². The molecular weight excluding hydrogens is 276 g/mol. The first kappa shape index (κ1) is 15.8. The largest absolute Gasteiger partial charge is 0.316 e. The predicted molar refractivity (Wildman–Crippen MR) is 82.2 cm³/mol. The average molecular weight is 299 g/mol. The zero-order valence-corrected chi connectivity index (χ0v) is 12.8. The molecule has 1 aromatic carbocycles. The summed E-state index contributed by atoms with van der Waals surface area (Å²) in [5, 5.41) is 4.01. The molecule has 0 radical (unpaired) electrons.